The van der Waals surface area contributed by atoms with E-state index in [-0.39, 0.29) is 12.0 Å². The van der Waals surface area contributed by atoms with Gasteiger partial charge in [-0.05, 0) is 24.6 Å². The summed E-state index contributed by atoms with van der Waals surface area (Å²) < 4.78 is 0. The van der Waals surface area contributed by atoms with E-state index in [4.69, 9.17) is 11.6 Å². The number of aliphatic hydroxyl groups is 1. The molecule has 0 spiro atoms. The largest absolute Gasteiger partial charge is 0.395 e. The molecule has 2 nitrogen and oxygen atoms in total. The summed E-state index contributed by atoms with van der Waals surface area (Å²) in [6.07, 6.45) is 0.952. The van der Waals surface area contributed by atoms with Crippen LogP contribution in [0.1, 0.15) is 12.0 Å². The summed E-state index contributed by atoms with van der Waals surface area (Å²) in [7, 11) is 0. The molecule has 76 valence electrons. The van der Waals surface area contributed by atoms with Gasteiger partial charge in [-0.2, -0.15) is 0 Å². The highest BCUT2D eigenvalue weighted by Crippen LogP contribution is 2.34. The van der Waals surface area contributed by atoms with Crippen molar-refractivity contribution in [3.05, 3.63) is 34.9 Å². The van der Waals surface area contributed by atoms with Gasteiger partial charge in [0.1, 0.15) is 0 Å². The zero-order valence-corrected chi connectivity index (χ0v) is 8.72. The molecule has 1 aliphatic rings. The number of nitrogens with one attached hydrogen (secondary N) is 1. The maximum atomic E-state index is 9.50. The molecule has 1 atom stereocenters. The van der Waals surface area contributed by atoms with Crippen LogP contribution in [0, 0.1) is 0 Å². The topological polar surface area (TPSA) is 32.3 Å². The first kappa shape index (κ1) is 9.97. The van der Waals surface area contributed by atoms with Crippen molar-refractivity contribution in [2.24, 2.45) is 0 Å². The minimum Gasteiger partial charge on any atom is -0.395 e. The van der Waals surface area contributed by atoms with Crippen LogP contribution in [0.25, 0.3) is 0 Å². The lowest BCUT2D eigenvalue weighted by Gasteiger charge is -2.27. The molecule has 1 saturated heterocycles. The fraction of sp³-hybridized carbons (Fsp3) is 0.455. The quantitative estimate of drug-likeness (QED) is 0.779. The zero-order valence-electron chi connectivity index (χ0n) is 7.96. The number of rotatable bonds is 2. The monoisotopic (exact) mass is 211 g/mol. The van der Waals surface area contributed by atoms with E-state index in [2.05, 4.69) is 5.32 Å². The van der Waals surface area contributed by atoms with Crippen LogP contribution < -0.4 is 5.32 Å². The molecular weight excluding hydrogens is 198 g/mol. The standard InChI is InChI=1S/C11H14ClNO/c12-10-4-2-1-3-9(10)11(8-14)5-6-13-7-11/h1-4,13-14H,5-8H2. The molecular formula is C11H14ClNO. The predicted molar refractivity (Wildman–Crippen MR) is 57.7 cm³/mol. The van der Waals surface area contributed by atoms with Gasteiger partial charge < -0.3 is 10.4 Å². The van der Waals surface area contributed by atoms with E-state index >= 15 is 0 Å². The lowest BCUT2D eigenvalue weighted by Crippen LogP contribution is -2.33. The van der Waals surface area contributed by atoms with Crippen molar-refractivity contribution in [1.29, 1.82) is 0 Å². The van der Waals surface area contributed by atoms with E-state index < -0.39 is 0 Å². The summed E-state index contributed by atoms with van der Waals surface area (Å²) in [5.41, 5.74) is 0.896. The summed E-state index contributed by atoms with van der Waals surface area (Å²) >= 11 is 6.13. The molecule has 0 bridgehead atoms. The van der Waals surface area contributed by atoms with Gasteiger partial charge in [0.25, 0.3) is 0 Å². The van der Waals surface area contributed by atoms with Gasteiger partial charge in [-0.25, -0.2) is 0 Å². The van der Waals surface area contributed by atoms with Gasteiger partial charge in [0.2, 0.25) is 0 Å². The molecule has 0 radical (unpaired) electrons. The number of aliphatic hydroxyl groups excluding tert-OH is 1. The molecule has 1 aliphatic heterocycles. The highest BCUT2D eigenvalue weighted by molar-refractivity contribution is 6.31. The first-order valence-electron chi connectivity index (χ1n) is 4.85. The Morgan fingerprint density at radius 2 is 2.21 bits per heavy atom. The molecule has 14 heavy (non-hydrogen) atoms. The van der Waals surface area contributed by atoms with Crippen molar-refractivity contribution in [1.82, 2.24) is 5.32 Å². The first-order valence-corrected chi connectivity index (χ1v) is 5.23. The second-order valence-electron chi connectivity index (χ2n) is 3.85. The Bertz CT molecular complexity index is 321. The second-order valence-corrected chi connectivity index (χ2v) is 4.25. The van der Waals surface area contributed by atoms with Crippen molar-refractivity contribution in [2.75, 3.05) is 19.7 Å². The van der Waals surface area contributed by atoms with Crippen molar-refractivity contribution < 1.29 is 5.11 Å². The van der Waals surface area contributed by atoms with Crippen molar-refractivity contribution >= 4 is 11.6 Å². The van der Waals surface area contributed by atoms with Crippen LogP contribution >= 0.6 is 11.6 Å². The molecule has 1 heterocycles. The summed E-state index contributed by atoms with van der Waals surface area (Å²) in [6, 6.07) is 7.77. The van der Waals surface area contributed by atoms with Crippen LogP contribution in [0.3, 0.4) is 0 Å². The molecule has 1 fully saturated rings. The Hall–Kier alpha value is -0.570. The minimum absolute atomic E-state index is 0.156. The van der Waals surface area contributed by atoms with E-state index in [1.807, 2.05) is 24.3 Å². The average Bonchev–Trinajstić information content (AvgIpc) is 2.68. The molecule has 1 aromatic carbocycles. The van der Waals surface area contributed by atoms with Crippen LogP contribution in [-0.4, -0.2) is 24.8 Å². The van der Waals surface area contributed by atoms with Crippen LogP contribution in [0.15, 0.2) is 24.3 Å². The summed E-state index contributed by atoms with van der Waals surface area (Å²) in [6.45, 7) is 1.92. The Morgan fingerprint density at radius 3 is 2.79 bits per heavy atom. The number of halogens is 1. The van der Waals surface area contributed by atoms with Gasteiger partial charge >= 0.3 is 0 Å². The molecule has 0 aliphatic carbocycles. The van der Waals surface area contributed by atoms with E-state index in [1.54, 1.807) is 0 Å². The van der Waals surface area contributed by atoms with Gasteiger partial charge in [0, 0.05) is 17.0 Å². The van der Waals surface area contributed by atoms with Gasteiger partial charge in [-0.1, -0.05) is 29.8 Å². The Morgan fingerprint density at radius 1 is 1.43 bits per heavy atom. The predicted octanol–water partition coefficient (Wildman–Crippen LogP) is 1.56. The summed E-state index contributed by atoms with van der Waals surface area (Å²) in [5, 5.41) is 13.5. The smallest absolute Gasteiger partial charge is 0.0541 e. The summed E-state index contributed by atoms with van der Waals surface area (Å²) in [4.78, 5) is 0. The highest BCUT2D eigenvalue weighted by atomic mass is 35.5. The molecule has 2 rings (SSSR count). The number of hydrogen-bond acceptors (Lipinski definition) is 2. The molecule has 1 aromatic rings. The number of benzene rings is 1. The average molecular weight is 212 g/mol. The molecule has 3 heteroatoms. The fourth-order valence-electron chi connectivity index (χ4n) is 2.09. The van der Waals surface area contributed by atoms with E-state index in [0.717, 1.165) is 30.1 Å². The van der Waals surface area contributed by atoms with Gasteiger partial charge in [0.05, 0.1) is 6.61 Å². The van der Waals surface area contributed by atoms with Crippen LogP contribution in [0.2, 0.25) is 5.02 Å². The van der Waals surface area contributed by atoms with Gasteiger partial charge in [-0.15, -0.1) is 0 Å². The molecule has 0 saturated carbocycles. The minimum atomic E-state index is -0.168. The molecule has 0 amide bonds. The van der Waals surface area contributed by atoms with Crippen molar-refractivity contribution in [3.8, 4) is 0 Å². The maximum absolute atomic E-state index is 9.50. The van der Waals surface area contributed by atoms with Gasteiger partial charge in [0.15, 0.2) is 0 Å². The Kier molecular flexibility index (Phi) is 2.77. The lowest BCUT2D eigenvalue weighted by atomic mass is 9.80. The van der Waals surface area contributed by atoms with Crippen molar-refractivity contribution in [2.45, 2.75) is 11.8 Å². The van der Waals surface area contributed by atoms with E-state index in [9.17, 15) is 5.11 Å². The SMILES string of the molecule is OCC1(c2ccccc2Cl)CCNC1. The van der Waals surface area contributed by atoms with E-state index in [0.29, 0.717) is 0 Å². The van der Waals surface area contributed by atoms with Gasteiger partial charge in [-0.3, -0.25) is 0 Å². The first-order chi connectivity index (χ1) is 6.78. The van der Waals surface area contributed by atoms with Crippen molar-refractivity contribution in [3.63, 3.8) is 0 Å². The fourth-order valence-corrected chi connectivity index (χ4v) is 2.42. The van der Waals surface area contributed by atoms with E-state index in [1.165, 1.54) is 0 Å². The third-order valence-electron chi connectivity index (χ3n) is 2.99. The van der Waals surface area contributed by atoms with Crippen LogP contribution in [0.5, 0.6) is 0 Å². The summed E-state index contributed by atoms with van der Waals surface area (Å²) in [5.74, 6) is 0. The third-order valence-corrected chi connectivity index (χ3v) is 3.32. The molecule has 2 N–H and O–H groups in total. The third kappa shape index (κ3) is 1.54. The lowest BCUT2D eigenvalue weighted by molar-refractivity contribution is 0.205. The molecule has 1 unspecified atom stereocenters. The Balaban J connectivity index is 2.41. The number of hydrogen-bond donors (Lipinski definition) is 2. The maximum Gasteiger partial charge on any atom is 0.0541 e. The highest BCUT2D eigenvalue weighted by Gasteiger charge is 2.36. The van der Waals surface area contributed by atoms with Crippen LogP contribution in [-0.2, 0) is 5.41 Å². The second kappa shape index (κ2) is 3.89. The van der Waals surface area contributed by atoms with Crippen LogP contribution in [0.4, 0.5) is 0 Å². The normalized spacial score (nSPS) is 26.7. The zero-order chi connectivity index (χ0) is 10.0. The molecule has 0 aromatic heterocycles. The Labute approximate surface area is 88.9 Å².